The van der Waals surface area contributed by atoms with Gasteiger partial charge in [-0.3, -0.25) is 4.79 Å². The van der Waals surface area contributed by atoms with Crippen LogP contribution in [0.3, 0.4) is 0 Å². The molecule has 7 nitrogen and oxygen atoms in total. The van der Waals surface area contributed by atoms with Crippen molar-refractivity contribution in [2.75, 3.05) is 20.2 Å². The van der Waals surface area contributed by atoms with E-state index < -0.39 is 0 Å². The second-order valence-corrected chi connectivity index (χ2v) is 5.92. The number of aromatic nitrogens is 3. The lowest BCUT2D eigenvalue weighted by molar-refractivity contribution is 0.0765. The van der Waals surface area contributed by atoms with Crippen LogP contribution >= 0.6 is 0 Å². The maximum Gasteiger partial charge on any atom is 0.278 e. The molecule has 128 valence electrons. The Balaban J connectivity index is 1.45. The molecular formula is C18H18N4O3. The van der Waals surface area contributed by atoms with E-state index in [1.54, 1.807) is 17.3 Å². The third kappa shape index (κ3) is 3.00. The number of para-hydroxylation sites is 1. The molecule has 0 aliphatic carbocycles. The zero-order valence-corrected chi connectivity index (χ0v) is 13.8. The Morgan fingerprint density at radius 1 is 1.24 bits per heavy atom. The zero-order valence-electron chi connectivity index (χ0n) is 13.8. The molecule has 0 unspecified atom stereocenters. The summed E-state index contributed by atoms with van der Waals surface area (Å²) in [6.45, 7) is 1.15. The van der Waals surface area contributed by atoms with Gasteiger partial charge in [0.05, 0.1) is 13.7 Å². The number of benzene rings is 1. The molecule has 0 saturated carbocycles. The topological polar surface area (TPSA) is 80.3 Å². The van der Waals surface area contributed by atoms with Crippen molar-refractivity contribution in [1.29, 1.82) is 0 Å². The number of amides is 1. The van der Waals surface area contributed by atoms with Crippen LogP contribution < -0.4 is 9.47 Å². The van der Waals surface area contributed by atoms with Crippen molar-refractivity contribution >= 4 is 16.8 Å². The molecule has 4 rings (SSSR count). The van der Waals surface area contributed by atoms with Gasteiger partial charge in [0.15, 0.2) is 0 Å². The van der Waals surface area contributed by atoms with Crippen LogP contribution in [-0.4, -0.2) is 52.1 Å². The number of nitrogens with one attached hydrogen (secondary N) is 1. The monoisotopic (exact) mass is 338 g/mol. The molecule has 1 aliphatic heterocycles. The predicted molar refractivity (Wildman–Crippen MR) is 91.8 cm³/mol. The maximum absolute atomic E-state index is 12.7. The number of carbonyl (C=O) groups excluding carboxylic acids is 1. The third-order valence-corrected chi connectivity index (χ3v) is 4.30. The van der Waals surface area contributed by atoms with E-state index >= 15 is 0 Å². The number of rotatable bonds is 4. The fourth-order valence-electron chi connectivity index (χ4n) is 3.06. The maximum atomic E-state index is 12.7. The average Bonchev–Trinajstić information content (AvgIpc) is 3.28. The van der Waals surface area contributed by atoms with E-state index in [0.717, 1.165) is 17.3 Å². The van der Waals surface area contributed by atoms with Crippen molar-refractivity contribution in [2.24, 2.45) is 0 Å². The van der Waals surface area contributed by atoms with E-state index in [9.17, 15) is 4.79 Å². The van der Waals surface area contributed by atoms with Gasteiger partial charge in [-0.1, -0.05) is 18.2 Å². The summed E-state index contributed by atoms with van der Waals surface area (Å²) in [7, 11) is 1.53. The minimum Gasteiger partial charge on any atom is -0.477 e. The molecule has 0 spiro atoms. The fraction of sp³-hybridized carbons (Fsp3) is 0.278. The van der Waals surface area contributed by atoms with Gasteiger partial charge < -0.3 is 19.4 Å². The number of ether oxygens (including phenoxy) is 2. The van der Waals surface area contributed by atoms with Crippen molar-refractivity contribution in [3.05, 3.63) is 48.4 Å². The summed E-state index contributed by atoms with van der Waals surface area (Å²) >= 11 is 0. The number of methoxy groups -OCH3 is 1. The summed E-state index contributed by atoms with van der Waals surface area (Å²) in [6.07, 6.45) is 3.72. The Hall–Kier alpha value is -3.09. The Morgan fingerprint density at radius 3 is 2.84 bits per heavy atom. The number of hydrogen-bond donors (Lipinski definition) is 1. The molecule has 25 heavy (non-hydrogen) atoms. The van der Waals surface area contributed by atoms with Crippen molar-refractivity contribution in [1.82, 2.24) is 19.9 Å². The second kappa shape index (κ2) is 6.43. The molecule has 3 aromatic rings. The van der Waals surface area contributed by atoms with Crippen LogP contribution in [0, 0.1) is 0 Å². The second-order valence-electron chi connectivity index (χ2n) is 5.92. The lowest BCUT2D eigenvalue weighted by Gasteiger charge is -2.16. The summed E-state index contributed by atoms with van der Waals surface area (Å²) in [5.41, 5.74) is 1.56. The minimum absolute atomic E-state index is 0.0200. The molecule has 1 aliphatic rings. The molecule has 0 radical (unpaired) electrons. The molecule has 0 bridgehead atoms. The van der Waals surface area contributed by atoms with Crippen molar-refractivity contribution in [2.45, 2.75) is 12.5 Å². The van der Waals surface area contributed by atoms with Gasteiger partial charge in [-0.15, -0.1) is 0 Å². The summed E-state index contributed by atoms with van der Waals surface area (Å²) < 4.78 is 11.0. The molecule has 1 amide bonds. The number of carbonyl (C=O) groups is 1. The molecule has 1 saturated heterocycles. The van der Waals surface area contributed by atoms with Gasteiger partial charge in [-0.2, -0.15) is 0 Å². The normalized spacial score (nSPS) is 17.0. The van der Waals surface area contributed by atoms with E-state index in [4.69, 9.17) is 9.47 Å². The lowest BCUT2D eigenvalue weighted by atomic mass is 10.2. The number of fused-ring (bicyclic) bond motifs is 1. The number of nitrogens with zero attached hydrogens (tertiary/aromatic N) is 3. The highest BCUT2D eigenvalue weighted by atomic mass is 16.5. The Morgan fingerprint density at radius 2 is 2.04 bits per heavy atom. The van der Waals surface area contributed by atoms with Crippen LogP contribution in [0.4, 0.5) is 0 Å². The van der Waals surface area contributed by atoms with Crippen molar-refractivity contribution < 1.29 is 14.3 Å². The summed E-state index contributed by atoms with van der Waals surface area (Å²) in [5, 5.41) is 1.03. The number of H-pyrrole nitrogens is 1. The Labute approximate surface area is 144 Å². The van der Waals surface area contributed by atoms with E-state index in [1.165, 1.54) is 7.11 Å². The highest BCUT2D eigenvalue weighted by Gasteiger charge is 2.30. The van der Waals surface area contributed by atoms with Crippen LogP contribution in [0.5, 0.6) is 11.8 Å². The van der Waals surface area contributed by atoms with E-state index in [0.29, 0.717) is 30.5 Å². The van der Waals surface area contributed by atoms with Gasteiger partial charge in [-0.25, -0.2) is 9.97 Å². The summed E-state index contributed by atoms with van der Waals surface area (Å²) in [6, 6.07) is 9.73. The molecule has 2 aromatic heterocycles. The molecule has 7 heteroatoms. The summed E-state index contributed by atoms with van der Waals surface area (Å²) in [5.74, 6) is 0.686. The van der Waals surface area contributed by atoms with Crippen LogP contribution in [0.15, 0.2) is 42.7 Å². The smallest absolute Gasteiger partial charge is 0.278 e. The molecule has 3 heterocycles. The van der Waals surface area contributed by atoms with Gasteiger partial charge in [0.2, 0.25) is 0 Å². The molecule has 1 aromatic carbocycles. The van der Waals surface area contributed by atoms with E-state index in [-0.39, 0.29) is 12.0 Å². The van der Waals surface area contributed by atoms with Crippen LogP contribution in [-0.2, 0) is 0 Å². The van der Waals surface area contributed by atoms with Crippen LogP contribution in [0.25, 0.3) is 10.9 Å². The minimum atomic E-state index is -0.126. The highest BCUT2D eigenvalue weighted by molar-refractivity contribution is 5.98. The van der Waals surface area contributed by atoms with Crippen molar-refractivity contribution in [3.8, 4) is 11.8 Å². The van der Waals surface area contributed by atoms with Crippen LogP contribution in [0.1, 0.15) is 16.9 Å². The first-order valence-electron chi connectivity index (χ1n) is 8.13. The molecule has 1 atom stereocenters. The van der Waals surface area contributed by atoms with Crippen LogP contribution in [0.2, 0.25) is 0 Å². The lowest BCUT2D eigenvalue weighted by Crippen LogP contribution is -2.31. The van der Waals surface area contributed by atoms with Gasteiger partial charge in [0, 0.05) is 36.3 Å². The van der Waals surface area contributed by atoms with Gasteiger partial charge >= 0.3 is 0 Å². The van der Waals surface area contributed by atoms with E-state index in [1.807, 2.05) is 30.3 Å². The summed E-state index contributed by atoms with van der Waals surface area (Å²) in [4.78, 5) is 25.9. The first-order valence-corrected chi connectivity index (χ1v) is 8.13. The average molecular weight is 338 g/mol. The molecule has 1 N–H and O–H groups in total. The Bertz CT molecular complexity index is 875. The third-order valence-electron chi connectivity index (χ3n) is 4.30. The largest absolute Gasteiger partial charge is 0.477 e. The van der Waals surface area contributed by atoms with Gasteiger partial charge in [0.1, 0.15) is 11.8 Å². The standard InChI is InChI=1S/C18H18N4O3/c1-24-16-17(20-8-7-19-16)25-13-6-9-22(11-13)18(23)15-10-12-4-2-3-5-14(12)21-15/h2-5,7-8,10,13,21H,6,9,11H2,1H3/t13-/m1/s1. The predicted octanol–water partition coefficient (Wildman–Crippen LogP) is 2.26. The number of aromatic amines is 1. The number of hydrogen-bond acceptors (Lipinski definition) is 5. The zero-order chi connectivity index (χ0) is 17.2. The van der Waals surface area contributed by atoms with Crippen molar-refractivity contribution in [3.63, 3.8) is 0 Å². The molecular weight excluding hydrogens is 320 g/mol. The number of likely N-dealkylation sites (tertiary alicyclic amines) is 1. The fourth-order valence-corrected chi connectivity index (χ4v) is 3.06. The SMILES string of the molecule is COc1nccnc1O[C@@H]1CCN(C(=O)c2cc3ccccc3[nH]2)C1. The highest BCUT2D eigenvalue weighted by Crippen LogP contribution is 2.25. The first-order chi connectivity index (χ1) is 12.2. The molecule has 1 fully saturated rings. The first kappa shape index (κ1) is 15.4. The van der Waals surface area contributed by atoms with Gasteiger partial charge in [-0.05, 0) is 12.1 Å². The van der Waals surface area contributed by atoms with E-state index in [2.05, 4.69) is 15.0 Å². The Kier molecular flexibility index (Phi) is 3.97. The quantitative estimate of drug-likeness (QED) is 0.789. The van der Waals surface area contributed by atoms with Gasteiger partial charge in [0.25, 0.3) is 17.7 Å².